The number of nitrogen functional groups attached to an aromatic ring is 1. The number of nitrogens with zero attached hydrogens (tertiary/aromatic N) is 1. The third-order valence-electron chi connectivity index (χ3n) is 2.99. The van der Waals surface area contributed by atoms with Crippen molar-refractivity contribution in [3.8, 4) is 0 Å². The average Bonchev–Trinajstić information content (AvgIpc) is 2.27. The third-order valence-corrected chi connectivity index (χ3v) is 2.99. The number of rotatable bonds is 1. The molecule has 1 aromatic carbocycles. The number of nitrogens with two attached hydrogens (primary N) is 1. The van der Waals surface area contributed by atoms with E-state index in [1.54, 1.807) is 6.07 Å². The normalized spacial score (nSPS) is 11.8. The molecule has 2 nitrogen and oxygen atoms in total. The first kappa shape index (κ1) is 12.6. The summed E-state index contributed by atoms with van der Waals surface area (Å²) >= 11 is 0. The van der Waals surface area contributed by atoms with E-state index in [2.05, 4.69) is 32.3 Å². The molecule has 0 aliphatic heterocycles. The minimum absolute atomic E-state index is 0.138. The summed E-state index contributed by atoms with van der Waals surface area (Å²) in [5.41, 5.74) is 7.86. The standard InChI is InChI=1S/C15H17FN2/c1-5-9-11(16)6-7-12-14(9)10(15(2,3)4)8-13(17)18-12/h5-8H,1H2,2-4H3,(H2,17,18). The summed E-state index contributed by atoms with van der Waals surface area (Å²) in [5, 5.41) is 0.798. The molecule has 1 aromatic heterocycles. The molecule has 3 heteroatoms. The van der Waals surface area contributed by atoms with Crippen LogP contribution in [0.3, 0.4) is 0 Å². The van der Waals surface area contributed by atoms with Gasteiger partial charge in [-0.25, -0.2) is 9.37 Å². The maximum absolute atomic E-state index is 13.9. The lowest BCUT2D eigenvalue weighted by Crippen LogP contribution is -2.14. The van der Waals surface area contributed by atoms with E-state index in [-0.39, 0.29) is 11.2 Å². The number of aromatic nitrogens is 1. The smallest absolute Gasteiger partial charge is 0.131 e. The van der Waals surface area contributed by atoms with E-state index < -0.39 is 0 Å². The van der Waals surface area contributed by atoms with Crippen LogP contribution in [0, 0.1) is 5.82 Å². The molecule has 0 aliphatic carbocycles. The Morgan fingerprint density at radius 1 is 1.33 bits per heavy atom. The van der Waals surface area contributed by atoms with Crippen molar-refractivity contribution >= 4 is 22.8 Å². The number of pyridine rings is 1. The van der Waals surface area contributed by atoms with Gasteiger partial charge in [0.2, 0.25) is 0 Å². The Morgan fingerprint density at radius 2 is 2.00 bits per heavy atom. The predicted octanol–water partition coefficient (Wildman–Crippen LogP) is 3.90. The molecular formula is C15H17FN2. The lowest BCUT2D eigenvalue weighted by molar-refractivity contribution is 0.593. The van der Waals surface area contributed by atoms with Crippen molar-refractivity contribution in [3.63, 3.8) is 0 Å². The Balaban J connectivity index is 3.00. The van der Waals surface area contributed by atoms with Gasteiger partial charge >= 0.3 is 0 Å². The van der Waals surface area contributed by atoms with Crippen molar-refractivity contribution in [2.24, 2.45) is 0 Å². The van der Waals surface area contributed by atoms with Crippen molar-refractivity contribution in [2.45, 2.75) is 26.2 Å². The minimum Gasteiger partial charge on any atom is -0.384 e. The summed E-state index contributed by atoms with van der Waals surface area (Å²) in [7, 11) is 0. The summed E-state index contributed by atoms with van der Waals surface area (Å²) < 4.78 is 13.9. The maximum Gasteiger partial charge on any atom is 0.131 e. The van der Waals surface area contributed by atoms with E-state index in [1.165, 1.54) is 12.1 Å². The zero-order chi connectivity index (χ0) is 13.5. The summed E-state index contributed by atoms with van der Waals surface area (Å²) in [4.78, 5) is 4.26. The van der Waals surface area contributed by atoms with Crippen molar-refractivity contribution in [1.82, 2.24) is 4.98 Å². The van der Waals surface area contributed by atoms with Crippen LogP contribution in [0.1, 0.15) is 31.9 Å². The van der Waals surface area contributed by atoms with Crippen LogP contribution in [0.25, 0.3) is 17.0 Å². The number of hydrogen-bond donors (Lipinski definition) is 1. The fraction of sp³-hybridized carbons (Fsp3) is 0.267. The van der Waals surface area contributed by atoms with Crippen LogP contribution in [-0.4, -0.2) is 4.98 Å². The Hall–Kier alpha value is -1.90. The average molecular weight is 244 g/mol. The van der Waals surface area contributed by atoms with Gasteiger partial charge in [0.25, 0.3) is 0 Å². The van der Waals surface area contributed by atoms with E-state index in [1.807, 2.05) is 6.07 Å². The van der Waals surface area contributed by atoms with Gasteiger partial charge < -0.3 is 5.73 Å². The molecule has 2 aromatic rings. The minimum atomic E-state index is -0.283. The number of hydrogen-bond acceptors (Lipinski definition) is 2. The molecule has 94 valence electrons. The van der Waals surface area contributed by atoms with Gasteiger partial charge in [-0.15, -0.1) is 0 Å². The van der Waals surface area contributed by atoms with Crippen molar-refractivity contribution in [2.75, 3.05) is 5.73 Å². The van der Waals surface area contributed by atoms with Gasteiger partial charge in [-0.2, -0.15) is 0 Å². The third kappa shape index (κ3) is 1.96. The number of fused-ring (bicyclic) bond motifs is 1. The highest BCUT2D eigenvalue weighted by molar-refractivity contribution is 5.92. The zero-order valence-corrected chi connectivity index (χ0v) is 10.9. The molecule has 0 fully saturated rings. The van der Waals surface area contributed by atoms with Gasteiger partial charge in [-0.05, 0) is 29.2 Å². The largest absolute Gasteiger partial charge is 0.384 e. The maximum atomic E-state index is 13.9. The van der Waals surface area contributed by atoms with E-state index in [0.29, 0.717) is 16.9 Å². The fourth-order valence-corrected chi connectivity index (χ4v) is 2.14. The van der Waals surface area contributed by atoms with E-state index in [0.717, 1.165) is 10.9 Å². The molecule has 0 amide bonds. The molecule has 0 unspecified atom stereocenters. The molecule has 18 heavy (non-hydrogen) atoms. The first-order chi connectivity index (χ1) is 8.34. The van der Waals surface area contributed by atoms with Crippen LogP contribution in [0.4, 0.5) is 10.2 Å². The van der Waals surface area contributed by atoms with Gasteiger partial charge in [0.05, 0.1) is 5.52 Å². The second-order valence-corrected chi connectivity index (χ2v) is 5.40. The van der Waals surface area contributed by atoms with E-state index in [9.17, 15) is 4.39 Å². The summed E-state index contributed by atoms with van der Waals surface area (Å²) in [6, 6.07) is 4.87. The number of benzene rings is 1. The summed E-state index contributed by atoms with van der Waals surface area (Å²) in [6.07, 6.45) is 1.53. The molecule has 2 rings (SSSR count). The molecule has 0 aliphatic rings. The van der Waals surface area contributed by atoms with Crippen LogP contribution in [0.15, 0.2) is 24.8 Å². The van der Waals surface area contributed by atoms with E-state index >= 15 is 0 Å². The highest BCUT2D eigenvalue weighted by Gasteiger charge is 2.21. The predicted molar refractivity (Wildman–Crippen MR) is 74.9 cm³/mol. The Bertz CT molecular complexity index is 624. The molecule has 0 atom stereocenters. The van der Waals surface area contributed by atoms with Gasteiger partial charge in [0.1, 0.15) is 11.6 Å². The second kappa shape index (κ2) is 4.09. The highest BCUT2D eigenvalue weighted by Crippen LogP contribution is 2.34. The molecule has 0 saturated heterocycles. The highest BCUT2D eigenvalue weighted by atomic mass is 19.1. The summed E-state index contributed by atoms with van der Waals surface area (Å²) in [5.74, 6) is 0.170. The van der Waals surface area contributed by atoms with Gasteiger partial charge in [-0.3, -0.25) is 0 Å². The Morgan fingerprint density at radius 3 is 2.56 bits per heavy atom. The van der Waals surface area contributed by atoms with Crippen molar-refractivity contribution < 1.29 is 4.39 Å². The zero-order valence-electron chi connectivity index (χ0n) is 10.9. The van der Waals surface area contributed by atoms with Crippen LogP contribution < -0.4 is 5.73 Å². The molecule has 0 spiro atoms. The number of anilines is 1. The lowest BCUT2D eigenvalue weighted by atomic mass is 9.83. The second-order valence-electron chi connectivity index (χ2n) is 5.40. The first-order valence-corrected chi connectivity index (χ1v) is 5.86. The summed E-state index contributed by atoms with van der Waals surface area (Å²) in [6.45, 7) is 9.89. The monoisotopic (exact) mass is 244 g/mol. The van der Waals surface area contributed by atoms with Crippen molar-refractivity contribution in [1.29, 1.82) is 0 Å². The molecule has 2 N–H and O–H groups in total. The van der Waals surface area contributed by atoms with Gasteiger partial charge in [-0.1, -0.05) is 33.4 Å². The van der Waals surface area contributed by atoms with Gasteiger partial charge in [0, 0.05) is 10.9 Å². The quantitative estimate of drug-likeness (QED) is 0.826. The lowest BCUT2D eigenvalue weighted by Gasteiger charge is -2.22. The molecule has 0 saturated carbocycles. The van der Waals surface area contributed by atoms with Crippen molar-refractivity contribution in [3.05, 3.63) is 41.7 Å². The fourth-order valence-electron chi connectivity index (χ4n) is 2.14. The van der Waals surface area contributed by atoms with Crippen LogP contribution in [0.2, 0.25) is 0 Å². The molecular weight excluding hydrogens is 227 g/mol. The van der Waals surface area contributed by atoms with Gasteiger partial charge in [0.15, 0.2) is 0 Å². The molecule has 0 bridgehead atoms. The van der Waals surface area contributed by atoms with Crippen LogP contribution >= 0.6 is 0 Å². The SMILES string of the molecule is C=Cc1c(F)ccc2nc(N)cc(C(C)(C)C)c12. The van der Waals surface area contributed by atoms with E-state index in [4.69, 9.17) is 5.73 Å². The molecule has 1 heterocycles. The first-order valence-electron chi connectivity index (χ1n) is 5.86. The Kier molecular flexibility index (Phi) is 2.85. The molecule has 0 radical (unpaired) electrons. The topological polar surface area (TPSA) is 38.9 Å². The van der Waals surface area contributed by atoms with Crippen LogP contribution in [-0.2, 0) is 5.41 Å². The van der Waals surface area contributed by atoms with Crippen LogP contribution in [0.5, 0.6) is 0 Å². The number of halogens is 1. The Labute approximate surface area is 106 Å².